The van der Waals surface area contributed by atoms with Crippen LogP contribution in [0.2, 0.25) is 0 Å². The predicted molar refractivity (Wildman–Crippen MR) is 92.9 cm³/mol. The number of H-pyrrole nitrogens is 1. The van der Waals surface area contributed by atoms with Crippen LogP contribution in [0.4, 0.5) is 5.69 Å². The fourth-order valence-electron chi connectivity index (χ4n) is 3.25. The third kappa shape index (κ3) is 2.57. The number of hydrogen-bond acceptors (Lipinski definition) is 2. The zero-order valence-corrected chi connectivity index (χ0v) is 12.9. The minimum absolute atomic E-state index is 0.128. The van der Waals surface area contributed by atoms with Gasteiger partial charge in [0.1, 0.15) is 0 Å². The average Bonchev–Trinajstić information content (AvgIpc) is 3.11. The van der Waals surface area contributed by atoms with E-state index in [-0.39, 0.29) is 5.91 Å². The minimum Gasteiger partial charge on any atom is -0.368 e. The highest BCUT2D eigenvalue weighted by molar-refractivity contribution is 6.06. The van der Waals surface area contributed by atoms with Gasteiger partial charge in [0.2, 0.25) is 0 Å². The quantitative estimate of drug-likeness (QED) is 0.790. The lowest BCUT2D eigenvalue weighted by Crippen LogP contribution is -2.48. The normalized spacial score (nSPS) is 15.1. The Bertz CT molecular complexity index is 817. The number of rotatable bonds is 2. The second-order valence-electron chi connectivity index (χ2n) is 5.86. The summed E-state index contributed by atoms with van der Waals surface area (Å²) in [6.07, 6.45) is 1.88. The molecule has 0 unspecified atom stereocenters. The molecule has 1 aliphatic heterocycles. The van der Waals surface area contributed by atoms with Gasteiger partial charge in [0, 0.05) is 54.5 Å². The number of benzene rings is 2. The van der Waals surface area contributed by atoms with Crippen LogP contribution >= 0.6 is 0 Å². The van der Waals surface area contributed by atoms with Crippen LogP contribution in [0.3, 0.4) is 0 Å². The van der Waals surface area contributed by atoms with Crippen molar-refractivity contribution < 1.29 is 4.79 Å². The molecule has 1 aliphatic rings. The van der Waals surface area contributed by atoms with E-state index in [1.807, 2.05) is 41.4 Å². The van der Waals surface area contributed by atoms with Crippen molar-refractivity contribution in [2.75, 3.05) is 31.1 Å². The monoisotopic (exact) mass is 305 g/mol. The van der Waals surface area contributed by atoms with Crippen molar-refractivity contribution in [2.24, 2.45) is 0 Å². The summed E-state index contributed by atoms with van der Waals surface area (Å²) < 4.78 is 0. The molecule has 1 saturated heterocycles. The minimum atomic E-state index is 0.128. The molecule has 1 aromatic heterocycles. The molecule has 3 aromatic rings. The molecule has 0 radical (unpaired) electrons. The average molecular weight is 305 g/mol. The van der Waals surface area contributed by atoms with Crippen LogP contribution in [-0.4, -0.2) is 42.0 Å². The van der Waals surface area contributed by atoms with E-state index in [9.17, 15) is 4.79 Å². The van der Waals surface area contributed by atoms with Gasteiger partial charge in [0.05, 0.1) is 0 Å². The summed E-state index contributed by atoms with van der Waals surface area (Å²) in [6.45, 7) is 3.26. The summed E-state index contributed by atoms with van der Waals surface area (Å²) >= 11 is 0. The molecule has 1 N–H and O–H groups in total. The molecule has 0 spiro atoms. The highest BCUT2D eigenvalue weighted by Crippen LogP contribution is 2.21. The SMILES string of the molecule is O=C(c1cccc2[nH]ccc12)N1CCN(c2ccccc2)CC1. The Kier molecular flexibility index (Phi) is 3.50. The van der Waals surface area contributed by atoms with Crippen molar-refractivity contribution >= 4 is 22.5 Å². The molecule has 0 bridgehead atoms. The molecule has 0 saturated carbocycles. The second kappa shape index (κ2) is 5.80. The van der Waals surface area contributed by atoms with E-state index in [0.717, 1.165) is 42.6 Å². The molecular formula is C19H19N3O. The third-order valence-electron chi connectivity index (χ3n) is 4.51. The second-order valence-corrected chi connectivity index (χ2v) is 5.86. The summed E-state index contributed by atoms with van der Waals surface area (Å²) in [4.78, 5) is 20.3. The lowest BCUT2D eigenvalue weighted by molar-refractivity contribution is 0.0749. The van der Waals surface area contributed by atoms with Crippen molar-refractivity contribution in [3.8, 4) is 0 Å². The fraction of sp³-hybridized carbons (Fsp3) is 0.211. The summed E-state index contributed by atoms with van der Waals surface area (Å²) in [5.74, 6) is 0.128. The van der Waals surface area contributed by atoms with Crippen LogP contribution in [-0.2, 0) is 0 Å². The van der Waals surface area contributed by atoms with E-state index >= 15 is 0 Å². The summed E-state index contributed by atoms with van der Waals surface area (Å²) in [5, 5.41) is 1.00. The molecule has 116 valence electrons. The smallest absolute Gasteiger partial charge is 0.254 e. The number of fused-ring (bicyclic) bond motifs is 1. The van der Waals surface area contributed by atoms with Gasteiger partial charge in [0.25, 0.3) is 5.91 Å². The van der Waals surface area contributed by atoms with E-state index in [4.69, 9.17) is 0 Å². The van der Waals surface area contributed by atoms with Crippen LogP contribution in [0.5, 0.6) is 0 Å². The molecule has 4 heteroatoms. The van der Waals surface area contributed by atoms with E-state index < -0.39 is 0 Å². The van der Waals surface area contributed by atoms with Crippen molar-refractivity contribution in [2.45, 2.75) is 0 Å². The van der Waals surface area contributed by atoms with Crippen LogP contribution in [0.25, 0.3) is 10.9 Å². The Morgan fingerprint density at radius 3 is 2.43 bits per heavy atom. The Morgan fingerprint density at radius 1 is 0.870 bits per heavy atom. The van der Waals surface area contributed by atoms with Gasteiger partial charge in [-0.15, -0.1) is 0 Å². The summed E-state index contributed by atoms with van der Waals surface area (Å²) in [6, 6.07) is 18.2. The first kappa shape index (κ1) is 13.9. The number of amides is 1. The maximum Gasteiger partial charge on any atom is 0.254 e. The molecule has 23 heavy (non-hydrogen) atoms. The van der Waals surface area contributed by atoms with Crippen molar-refractivity contribution in [3.63, 3.8) is 0 Å². The number of para-hydroxylation sites is 1. The van der Waals surface area contributed by atoms with Gasteiger partial charge in [-0.2, -0.15) is 0 Å². The number of piperazine rings is 1. The van der Waals surface area contributed by atoms with Crippen molar-refractivity contribution in [3.05, 3.63) is 66.4 Å². The van der Waals surface area contributed by atoms with Crippen LogP contribution in [0, 0.1) is 0 Å². The Morgan fingerprint density at radius 2 is 1.65 bits per heavy atom. The van der Waals surface area contributed by atoms with Crippen molar-refractivity contribution in [1.29, 1.82) is 0 Å². The van der Waals surface area contributed by atoms with Crippen molar-refractivity contribution in [1.82, 2.24) is 9.88 Å². The zero-order valence-electron chi connectivity index (χ0n) is 12.9. The highest BCUT2D eigenvalue weighted by atomic mass is 16.2. The number of carbonyl (C=O) groups excluding carboxylic acids is 1. The van der Waals surface area contributed by atoms with E-state index in [2.05, 4.69) is 34.1 Å². The van der Waals surface area contributed by atoms with Gasteiger partial charge in [-0.25, -0.2) is 0 Å². The van der Waals surface area contributed by atoms with E-state index in [1.165, 1.54) is 5.69 Å². The Hall–Kier alpha value is -2.75. The standard InChI is InChI=1S/C19H19N3O/c23-19(17-7-4-8-18-16(17)9-10-20-18)22-13-11-21(12-14-22)15-5-2-1-3-6-15/h1-10,20H,11-14H2. The fourth-order valence-corrected chi connectivity index (χ4v) is 3.25. The number of aromatic amines is 1. The molecule has 2 aromatic carbocycles. The Labute approximate surface area is 135 Å². The molecule has 1 amide bonds. The number of aromatic nitrogens is 1. The van der Waals surface area contributed by atoms with E-state index in [1.54, 1.807) is 0 Å². The number of nitrogens with zero attached hydrogens (tertiary/aromatic N) is 2. The van der Waals surface area contributed by atoms with Gasteiger partial charge in [-0.3, -0.25) is 4.79 Å². The largest absolute Gasteiger partial charge is 0.368 e. The van der Waals surface area contributed by atoms with Crippen LogP contribution in [0.1, 0.15) is 10.4 Å². The first-order valence-electron chi connectivity index (χ1n) is 7.98. The lowest BCUT2D eigenvalue weighted by atomic mass is 10.1. The van der Waals surface area contributed by atoms with Gasteiger partial charge in [-0.05, 0) is 30.3 Å². The summed E-state index contributed by atoms with van der Waals surface area (Å²) in [5.41, 5.74) is 3.03. The molecule has 0 atom stereocenters. The highest BCUT2D eigenvalue weighted by Gasteiger charge is 2.23. The van der Waals surface area contributed by atoms with Gasteiger partial charge >= 0.3 is 0 Å². The third-order valence-corrected chi connectivity index (χ3v) is 4.51. The molecule has 0 aliphatic carbocycles. The first-order valence-corrected chi connectivity index (χ1v) is 7.98. The maximum atomic E-state index is 12.8. The lowest BCUT2D eigenvalue weighted by Gasteiger charge is -2.36. The maximum absolute atomic E-state index is 12.8. The van der Waals surface area contributed by atoms with Gasteiger partial charge in [-0.1, -0.05) is 24.3 Å². The first-order chi connectivity index (χ1) is 11.3. The molecule has 1 fully saturated rings. The zero-order chi connectivity index (χ0) is 15.6. The van der Waals surface area contributed by atoms with E-state index in [0.29, 0.717) is 0 Å². The number of carbonyl (C=O) groups is 1. The predicted octanol–water partition coefficient (Wildman–Crippen LogP) is 3.13. The van der Waals surface area contributed by atoms with Gasteiger partial charge < -0.3 is 14.8 Å². The van der Waals surface area contributed by atoms with Gasteiger partial charge in [0.15, 0.2) is 0 Å². The molecule has 2 heterocycles. The number of hydrogen-bond donors (Lipinski definition) is 1. The molecule has 4 rings (SSSR count). The number of nitrogens with one attached hydrogen (secondary N) is 1. The summed E-state index contributed by atoms with van der Waals surface area (Å²) in [7, 11) is 0. The van der Waals surface area contributed by atoms with Crippen LogP contribution < -0.4 is 4.90 Å². The van der Waals surface area contributed by atoms with Crippen LogP contribution in [0.15, 0.2) is 60.8 Å². The Balaban J connectivity index is 1.50. The molecular weight excluding hydrogens is 286 g/mol. The number of anilines is 1. The topological polar surface area (TPSA) is 39.3 Å². The molecule has 4 nitrogen and oxygen atoms in total.